The standard InChI is InChI=1S/C22H24N4O2/c1-15-5-6-18(14-16(15)2)23-22(27)17-9-11-26(12-10-17)21-8-7-19(24-25-21)20-4-3-13-28-20/h3-8,13-14,17H,9-12H2,1-2H3,(H,23,27). The summed E-state index contributed by atoms with van der Waals surface area (Å²) in [5.74, 6) is 1.67. The smallest absolute Gasteiger partial charge is 0.227 e. The first kappa shape index (κ1) is 18.2. The number of carbonyl (C=O) groups is 1. The third-order valence-corrected chi connectivity index (χ3v) is 5.39. The van der Waals surface area contributed by atoms with Crippen LogP contribution in [0, 0.1) is 19.8 Å². The van der Waals surface area contributed by atoms with Gasteiger partial charge in [0, 0.05) is 24.7 Å². The number of furan rings is 1. The molecule has 1 N–H and O–H groups in total. The van der Waals surface area contributed by atoms with E-state index in [-0.39, 0.29) is 11.8 Å². The summed E-state index contributed by atoms with van der Waals surface area (Å²) in [5, 5.41) is 11.6. The fraction of sp³-hybridized carbons (Fsp3) is 0.318. The Morgan fingerprint density at radius 2 is 1.89 bits per heavy atom. The Balaban J connectivity index is 1.33. The first-order valence-corrected chi connectivity index (χ1v) is 9.61. The molecule has 0 bridgehead atoms. The Morgan fingerprint density at radius 3 is 2.54 bits per heavy atom. The fourth-order valence-corrected chi connectivity index (χ4v) is 3.48. The van der Waals surface area contributed by atoms with Gasteiger partial charge in [-0.05, 0) is 74.2 Å². The maximum Gasteiger partial charge on any atom is 0.227 e. The number of piperidine rings is 1. The second kappa shape index (κ2) is 7.84. The average Bonchev–Trinajstić information content (AvgIpc) is 3.26. The third kappa shape index (κ3) is 3.91. The number of hydrogen-bond donors (Lipinski definition) is 1. The van der Waals surface area contributed by atoms with Crippen LogP contribution in [0.15, 0.2) is 53.1 Å². The molecule has 0 spiro atoms. The molecule has 1 amide bonds. The van der Waals surface area contributed by atoms with Gasteiger partial charge in [0.15, 0.2) is 11.6 Å². The molecule has 1 saturated heterocycles. The number of benzene rings is 1. The molecule has 3 aromatic rings. The normalized spacial score (nSPS) is 14.9. The van der Waals surface area contributed by atoms with Crippen molar-refractivity contribution in [2.24, 2.45) is 5.92 Å². The molecule has 1 fully saturated rings. The minimum atomic E-state index is 0.0215. The van der Waals surface area contributed by atoms with Crippen molar-refractivity contribution in [3.05, 3.63) is 59.9 Å². The molecule has 144 valence electrons. The molecule has 0 radical (unpaired) electrons. The molecule has 6 nitrogen and oxygen atoms in total. The van der Waals surface area contributed by atoms with Gasteiger partial charge in [-0.15, -0.1) is 10.2 Å². The highest BCUT2D eigenvalue weighted by Gasteiger charge is 2.26. The van der Waals surface area contributed by atoms with Gasteiger partial charge in [-0.1, -0.05) is 6.07 Å². The molecule has 6 heteroatoms. The highest BCUT2D eigenvalue weighted by Crippen LogP contribution is 2.25. The number of rotatable bonds is 4. The summed E-state index contributed by atoms with van der Waals surface area (Å²) in [4.78, 5) is 14.8. The van der Waals surface area contributed by atoms with E-state index < -0.39 is 0 Å². The van der Waals surface area contributed by atoms with Crippen LogP contribution in [0.5, 0.6) is 0 Å². The highest BCUT2D eigenvalue weighted by atomic mass is 16.3. The topological polar surface area (TPSA) is 71.3 Å². The maximum atomic E-state index is 12.6. The number of aryl methyl sites for hydroxylation is 2. The van der Waals surface area contributed by atoms with E-state index in [1.165, 1.54) is 11.1 Å². The lowest BCUT2D eigenvalue weighted by molar-refractivity contribution is -0.120. The van der Waals surface area contributed by atoms with Crippen molar-refractivity contribution in [3.63, 3.8) is 0 Å². The second-order valence-corrected chi connectivity index (χ2v) is 7.30. The van der Waals surface area contributed by atoms with Crippen molar-refractivity contribution < 1.29 is 9.21 Å². The van der Waals surface area contributed by atoms with Crippen LogP contribution < -0.4 is 10.2 Å². The average molecular weight is 376 g/mol. The van der Waals surface area contributed by atoms with E-state index in [1.54, 1.807) is 6.26 Å². The number of nitrogens with one attached hydrogen (secondary N) is 1. The van der Waals surface area contributed by atoms with Gasteiger partial charge in [-0.3, -0.25) is 4.79 Å². The lowest BCUT2D eigenvalue weighted by Crippen LogP contribution is -2.38. The molecule has 0 saturated carbocycles. The molecule has 4 rings (SSSR count). The number of nitrogens with zero attached hydrogens (tertiary/aromatic N) is 3. The van der Waals surface area contributed by atoms with Crippen molar-refractivity contribution in [3.8, 4) is 11.5 Å². The van der Waals surface area contributed by atoms with Crippen LogP contribution in [0.25, 0.3) is 11.5 Å². The van der Waals surface area contributed by atoms with Gasteiger partial charge in [0.2, 0.25) is 5.91 Å². The number of anilines is 2. The van der Waals surface area contributed by atoms with Crippen molar-refractivity contribution in [2.45, 2.75) is 26.7 Å². The zero-order chi connectivity index (χ0) is 19.5. The predicted octanol–water partition coefficient (Wildman–Crippen LogP) is 4.21. The molecule has 2 aromatic heterocycles. The van der Waals surface area contributed by atoms with Crippen LogP contribution in [0.4, 0.5) is 11.5 Å². The summed E-state index contributed by atoms with van der Waals surface area (Å²) in [5.41, 5.74) is 4.00. The van der Waals surface area contributed by atoms with Gasteiger partial charge in [0.25, 0.3) is 0 Å². The molecule has 1 aliphatic heterocycles. The lowest BCUT2D eigenvalue weighted by Gasteiger charge is -2.31. The number of amides is 1. The second-order valence-electron chi connectivity index (χ2n) is 7.30. The summed E-state index contributed by atoms with van der Waals surface area (Å²) in [6.07, 6.45) is 3.23. The van der Waals surface area contributed by atoms with Crippen LogP contribution in [-0.2, 0) is 4.79 Å². The Labute approximate surface area is 164 Å². The zero-order valence-electron chi connectivity index (χ0n) is 16.2. The van der Waals surface area contributed by atoms with Gasteiger partial charge < -0.3 is 14.6 Å². The molecule has 28 heavy (non-hydrogen) atoms. The van der Waals surface area contributed by atoms with Crippen LogP contribution in [0.2, 0.25) is 0 Å². The fourth-order valence-electron chi connectivity index (χ4n) is 3.48. The van der Waals surface area contributed by atoms with Gasteiger partial charge in [-0.2, -0.15) is 0 Å². The van der Waals surface area contributed by atoms with Crippen LogP contribution in [0.3, 0.4) is 0 Å². The van der Waals surface area contributed by atoms with Gasteiger partial charge in [0.1, 0.15) is 5.69 Å². The third-order valence-electron chi connectivity index (χ3n) is 5.39. The minimum absolute atomic E-state index is 0.0215. The van der Waals surface area contributed by atoms with Crippen LogP contribution in [-0.4, -0.2) is 29.2 Å². The first-order chi connectivity index (χ1) is 13.6. The highest BCUT2D eigenvalue weighted by molar-refractivity contribution is 5.92. The van der Waals surface area contributed by atoms with E-state index in [1.807, 2.05) is 42.5 Å². The van der Waals surface area contributed by atoms with E-state index in [4.69, 9.17) is 4.42 Å². The molecule has 0 unspecified atom stereocenters. The maximum absolute atomic E-state index is 12.6. The molecular weight excluding hydrogens is 352 g/mol. The molecule has 0 atom stereocenters. The minimum Gasteiger partial charge on any atom is -0.463 e. The number of hydrogen-bond acceptors (Lipinski definition) is 5. The van der Waals surface area contributed by atoms with Gasteiger partial charge in [0.05, 0.1) is 6.26 Å². The Bertz CT molecular complexity index is 943. The summed E-state index contributed by atoms with van der Waals surface area (Å²) >= 11 is 0. The summed E-state index contributed by atoms with van der Waals surface area (Å²) in [7, 11) is 0. The van der Waals surface area contributed by atoms with Crippen LogP contribution >= 0.6 is 0 Å². The number of carbonyl (C=O) groups excluding carboxylic acids is 1. The molecule has 0 aliphatic carbocycles. The van der Waals surface area contributed by atoms with E-state index in [2.05, 4.69) is 34.3 Å². The molecule has 1 aliphatic rings. The SMILES string of the molecule is Cc1ccc(NC(=O)C2CCN(c3ccc(-c4ccco4)nn3)CC2)cc1C. The van der Waals surface area contributed by atoms with Crippen molar-refractivity contribution in [2.75, 3.05) is 23.3 Å². The Hall–Kier alpha value is -3.15. The van der Waals surface area contributed by atoms with Crippen LogP contribution in [0.1, 0.15) is 24.0 Å². The monoisotopic (exact) mass is 376 g/mol. The van der Waals surface area contributed by atoms with E-state index in [0.29, 0.717) is 5.76 Å². The van der Waals surface area contributed by atoms with Gasteiger partial charge in [-0.25, -0.2) is 0 Å². The predicted molar refractivity (Wildman–Crippen MR) is 109 cm³/mol. The summed E-state index contributed by atoms with van der Waals surface area (Å²) < 4.78 is 5.35. The zero-order valence-corrected chi connectivity index (χ0v) is 16.2. The number of aromatic nitrogens is 2. The quantitative estimate of drug-likeness (QED) is 0.739. The van der Waals surface area contributed by atoms with E-state index in [0.717, 1.165) is 43.1 Å². The summed E-state index contributed by atoms with van der Waals surface area (Å²) in [6, 6.07) is 13.6. The largest absolute Gasteiger partial charge is 0.463 e. The molecule has 3 heterocycles. The summed E-state index contributed by atoms with van der Waals surface area (Å²) in [6.45, 7) is 5.71. The van der Waals surface area contributed by atoms with Crippen molar-refractivity contribution in [1.29, 1.82) is 0 Å². The Kier molecular flexibility index (Phi) is 5.10. The molecular formula is C22H24N4O2. The van der Waals surface area contributed by atoms with Crippen molar-refractivity contribution >= 4 is 17.4 Å². The van der Waals surface area contributed by atoms with E-state index >= 15 is 0 Å². The lowest BCUT2D eigenvalue weighted by atomic mass is 9.95. The first-order valence-electron chi connectivity index (χ1n) is 9.61. The van der Waals surface area contributed by atoms with Crippen molar-refractivity contribution in [1.82, 2.24) is 10.2 Å². The Morgan fingerprint density at radius 1 is 1.07 bits per heavy atom. The molecule has 1 aromatic carbocycles. The van der Waals surface area contributed by atoms with Gasteiger partial charge >= 0.3 is 0 Å². The van der Waals surface area contributed by atoms with E-state index in [9.17, 15) is 4.79 Å².